The number of aromatic nitrogens is 2. The van der Waals surface area contributed by atoms with Gasteiger partial charge in [0.1, 0.15) is 17.2 Å². The number of carboxylic acids is 1. The first-order valence-corrected chi connectivity index (χ1v) is 11.7. The summed E-state index contributed by atoms with van der Waals surface area (Å²) in [6, 6.07) is 11.9. The number of nitrogen functional groups attached to an aromatic ring is 1. The number of ether oxygens (including phenoxy) is 1. The minimum absolute atomic E-state index is 0.0692. The molecule has 2 amide bonds. The fourth-order valence-electron chi connectivity index (χ4n) is 3.32. The van der Waals surface area contributed by atoms with Gasteiger partial charge in [0, 0.05) is 34.5 Å². The molecule has 0 bridgehead atoms. The van der Waals surface area contributed by atoms with Gasteiger partial charge in [0.05, 0.1) is 7.11 Å². The fraction of sp³-hybridized carbons (Fsp3) is 0.259. The molecule has 0 aliphatic heterocycles. The second kappa shape index (κ2) is 11.1. The zero-order chi connectivity index (χ0) is 28.2. The summed E-state index contributed by atoms with van der Waals surface area (Å²) in [5.41, 5.74) is 5.86. The van der Waals surface area contributed by atoms with Crippen LogP contribution in [0.3, 0.4) is 0 Å². The van der Waals surface area contributed by atoms with E-state index in [4.69, 9.17) is 15.9 Å². The number of amides is 2. The number of methoxy groups -OCH3 is 1. The van der Waals surface area contributed by atoms with Crippen molar-refractivity contribution in [1.29, 1.82) is 5.41 Å². The third-order valence-corrected chi connectivity index (χ3v) is 6.01. The van der Waals surface area contributed by atoms with Crippen LogP contribution in [0, 0.1) is 10.8 Å². The molecule has 0 fully saturated rings. The number of hydrogen-bond donors (Lipinski definition) is 5. The van der Waals surface area contributed by atoms with Crippen LogP contribution in [0.15, 0.2) is 48.5 Å². The highest BCUT2D eigenvalue weighted by molar-refractivity contribution is 6.09. The van der Waals surface area contributed by atoms with E-state index in [1.54, 1.807) is 24.3 Å². The summed E-state index contributed by atoms with van der Waals surface area (Å²) in [6.45, 7) is 7.76. The van der Waals surface area contributed by atoms with E-state index in [2.05, 4.69) is 20.6 Å². The number of aromatic carboxylic acids is 1. The Morgan fingerprint density at radius 1 is 0.947 bits per heavy atom. The van der Waals surface area contributed by atoms with Gasteiger partial charge in [-0.15, -0.1) is 0 Å². The third-order valence-electron chi connectivity index (χ3n) is 6.01. The average Bonchev–Trinajstić information content (AvgIpc) is 2.87. The molecule has 1 aromatic carbocycles. The van der Waals surface area contributed by atoms with E-state index >= 15 is 0 Å². The molecule has 38 heavy (non-hydrogen) atoms. The molecular weight excluding hydrogens is 488 g/mol. The van der Waals surface area contributed by atoms with Crippen LogP contribution in [0.25, 0.3) is 11.1 Å². The topological polar surface area (TPSA) is 180 Å². The van der Waals surface area contributed by atoms with Gasteiger partial charge in [-0.05, 0) is 54.8 Å². The number of benzene rings is 1. The predicted molar refractivity (Wildman–Crippen MR) is 143 cm³/mol. The van der Waals surface area contributed by atoms with E-state index in [9.17, 15) is 19.5 Å². The van der Waals surface area contributed by atoms with Gasteiger partial charge in [-0.2, -0.15) is 0 Å². The Bertz CT molecular complexity index is 1400. The number of carbonyl (C=O) groups excluding carboxylic acids is 2. The third kappa shape index (κ3) is 6.30. The molecule has 11 nitrogen and oxygen atoms in total. The molecule has 2 heterocycles. The van der Waals surface area contributed by atoms with E-state index in [1.807, 2.05) is 27.7 Å². The first-order valence-electron chi connectivity index (χ1n) is 11.7. The van der Waals surface area contributed by atoms with Crippen molar-refractivity contribution in [3.05, 3.63) is 71.2 Å². The summed E-state index contributed by atoms with van der Waals surface area (Å²) >= 11 is 0. The van der Waals surface area contributed by atoms with Gasteiger partial charge in [-0.1, -0.05) is 20.8 Å². The number of amidine groups is 1. The number of nitrogens with two attached hydrogens (primary N) is 1. The Balaban J connectivity index is 2.02. The first kappa shape index (κ1) is 27.8. The number of rotatable bonds is 8. The SMILES string of the molecule is COc1ccc(-c2ccc(C(=O)N[C@H](C)C(C)(C)C)nc2C(=O)O)c(C(=O)Nc2ccc(C(=N)N)cc2)n1. The molecule has 1 atom stereocenters. The van der Waals surface area contributed by atoms with Gasteiger partial charge in [-0.3, -0.25) is 15.0 Å². The maximum absolute atomic E-state index is 13.2. The number of pyridine rings is 2. The number of carboxylic acid groups (broad SMARTS) is 1. The lowest BCUT2D eigenvalue weighted by Crippen LogP contribution is -2.41. The Labute approximate surface area is 220 Å². The minimum atomic E-state index is -1.37. The molecule has 198 valence electrons. The minimum Gasteiger partial charge on any atom is -0.481 e. The average molecular weight is 519 g/mol. The molecule has 0 aliphatic carbocycles. The Morgan fingerprint density at radius 2 is 1.55 bits per heavy atom. The predicted octanol–water partition coefficient (Wildman–Crippen LogP) is 3.55. The van der Waals surface area contributed by atoms with Gasteiger partial charge >= 0.3 is 5.97 Å². The van der Waals surface area contributed by atoms with Crippen molar-refractivity contribution < 1.29 is 24.2 Å². The quantitative estimate of drug-likeness (QED) is 0.222. The van der Waals surface area contributed by atoms with E-state index in [1.165, 1.54) is 31.4 Å². The summed E-state index contributed by atoms with van der Waals surface area (Å²) < 4.78 is 5.17. The van der Waals surface area contributed by atoms with Gasteiger partial charge in [0.15, 0.2) is 5.69 Å². The summed E-state index contributed by atoms with van der Waals surface area (Å²) in [5.74, 6) is -2.49. The molecule has 0 saturated heterocycles. The molecule has 0 unspecified atom stereocenters. The summed E-state index contributed by atoms with van der Waals surface area (Å²) in [6.07, 6.45) is 0. The molecule has 3 aromatic rings. The zero-order valence-electron chi connectivity index (χ0n) is 21.7. The lowest BCUT2D eigenvalue weighted by atomic mass is 9.88. The normalized spacial score (nSPS) is 11.8. The van der Waals surface area contributed by atoms with Crippen LogP contribution in [-0.2, 0) is 0 Å². The molecule has 0 aliphatic rings. The van der Waals surface area contributed by atoms with Crippen LogP contribution in [0.4, 0.5) is 5.69 Å². The van der Waals surface area contributed by atoms with Gasteiger partial charge in [0.25, 0.3) is 11.8 Å². The van der Waals surface area contributed by atoms with Crippen molar-refractivity contribution in [1.82, 2.24) is 15.3 Å². The fourth-order valence-corrected chi connectivity index (χ4v) is 3.32. The van der Waals surface area contributed by atoms with Gasteiger partial charge in [0.2, 0.25) is 5.88 Å². The Morgan fingerprint density at radius 3 is 2.11 bits per heavy atom. The van der Waals surface area contributed by atoms with Crippen LogP contribution in [-0.4, -0.2) is 51.8 Å². The standard InChI is InChI=1S/C27H30N6O5/c1-14(27(2,3)4)30-24(34)19-12-10-18(22(32-19)26(36)37)17-11-13-20(38-5)33-21(17)25(35)31-16-8-6-15(7-9-16)23(28)29/h6-14H,1-5H3,(H3,28,29)(H,30,34)(H,31,35)(H,36,37)/t14-/m1/s1. The van der Waals surface area contributed by atoms with Crippen molar-refractivity contribution in [2.24, 2.45) is 11.1 Å². The van der Waals surface area contributed by atoms with E-state index in [0.29, 0.717) is 11.3 Å². The highest BCUT2D eigenvalue weighted by atomic mass is 16.5. The van der Waals surface area contributed by atoms with Gasteiger partial charge < -0.3 is 26.2 Å². The molecular formula is C27H30N6O5. The van der Waals surface area contributed by atoms with Crippen LogP contribution in [0.2, 0.25) is 0 Å². The van der Waals surface area contributed by atoms with Crippen molar-refractivity contribution in [2.75, 3.05) is 12.4 Å². The molecule has 0 spiro atoms. The van der Waals surface area contributed by atoms with Crippen LogP contribution >= 0.6 is 0 Å². The molecule has 0 radical (unpaired) electrons. The summed E-state index contributed by atoms with van der Waals surface area (Å²) in [7, 11) is 1.39. The van der Waals surface area contributed by atoms with Crippen molar-refractivity contribution in [3.8, 4) is 17.0 Å². The monoisotopic (exact) mass is 518 g/mol. The molecule has 6 N–H and O–H groups in total. The number of nitrogens with one attached hydrogen (secondary N) is 3. The largest absolute Gasteiger partial charge is 0.481 e. The zero-order valence-corrected chi connectivity index (χ0v) is 21.7. The number of anilines is 1. The number of hydrogen-bond acceptors (Lipinski definition) is 7. The summed E-state index contributed by atoms with van der Waals surface area (Å²) in [5, 5.41) is 22.9. The Kier molecular flexibility index (Phi) is 8.10. The lowest BCUT2D eigenvalue weighted by Gasteiger charge is -2.27. The number of carbonyl (C=O) groups is 3. The molecule has 3 rings (SSSR count). The maximum atomic E-state index is 13.2. The lowest BCUT2D eigenvalue weighted by molar-refractivity contribution is 0.0691. The van der Waals surface area contributed by atoms with E-state index in [0.717, 1.165) is 0 Å². The molecule has 11 heteroatoms. The second-order valence-electron chi connectivity index (χ2n) is 9.65. The van der Waals surface area contributed by atoms with Crippen molar-refractivity contribution in [3.63, 3.8) is 0 Å². The molecule has 0 saturated carbocycles. The van der Waals surface area contributed by atoms with Crippen LogP contribution < -0.4 is 21.1 Å². The van der Waals surface area contributed by atoms with Crippen molar-refractivity contribution >= 4 is 29.3 Å². The molecule has 2 aromatic heterocycles. The maximum Gasteiger partial charge on any atom is 0.355 e. The van der Waals surface area contributed by atoms with E-state index < -0.39 is 23.5 Å². The summed E-state index contributed by atoms with van der Waals surface area (Å²) in [4.78, 5) is 46.5. The number of nitrogens with zero attached hydrogens (tertiary/aromatic N) is 2. The highest BCUT2D eigenvalue weighted by Gasteiger charge is 2.26. The van der Waals surface area contributed by atoms with Crippen molar-refractivity contribution in [2.45, 2.75) is 33.7 Å². The van der Waals surface area contributed by atoms with Gasteiger partial charge in [-0.25, -0.2) is 14.8 Å². The van der Waals surface area contributed by atoms with Crippen LogP contribution in [0.1, 0.15) is 64.7 Å². The smallest absolute Gasteiger partial charge is 0.355 e. The van der Waals surface area contributed by atoms with Crippen LogP contribution in [0.5, 0.6) is 5.88 Å². The Hall–Kier alpha value is -4.80. The van der Waals surface area contributed by atoms with E-state index in [-0.39, 0.29) is 45.7 Å². The first-order chi connectivity index (χ1) is 17.8. The second-order valence-corrected chi connectivity index (χ2v) is 9.65. The highest BCUT2D eigenvalue weighted by Crippen LogP contribution is 2.29.